The molecule has 11 nitrogen and oxygen atoms in total. The molecule has 40 heavy (non-hydrogen) atoms. The first kappa shape index (κ1) is 28.8. The highest BCUT2D eigenvalue weighted by molar-refractivity contribution is 5.79. The Bertz CT molecular complexity index is 1510. The lowest BCUT2D eigenvalue weighted by Gasteiger charge is -2.30. The van der Waals surface area contributed by atoms with Gasteiger partial charge < -0.3 is 19.2 Å². The van der Waals surface area contributed by atoms with Crippen LogP contribution in [0, 0.1) is 6.92 Å². The Hall–Kier alpha value is -4.25. The van der Waals surface area contributed by atoms with E-state index in [9.17, 15) is 9.59 Å². The number of esters is 1. The number of pyridine rings is 1. The van der Waals surface area contributed by atoms with Crippen LogP contribution in [-0.4, -0.2) is 63.4 Å². The number of hydrogen-bond donors (Lipinski definition) is 1. The lowest BCUT2D eigenvalue weighted by atomic mass is 10.1. The quantitative estimate of drug-likeness (QED) is 0.250. The number of carbonyl (C=O) groups excluding carboxylic acids is 1. The van der Waals surface area contributed by atoms with Gasteiger partial charge in [-0.05, 0) is 78.4 Å². The zero-order valence-corrected chi connectivity index (χ0v) is 23.6. The molecule has 2 aromatic carbocycles. The van der Waals surface area contributed by atoms with Crippen molar-refractivity contribution in [1.82, 2.24) is 30.1 Å². The Balaban J connectivity index is 1.69. The van der Waals surface area contributed by atoms with Crippen molar-refractivity contribution in [3.63, 3.8) is 0 Å². The summed E-state index contributed by atoms with van der Waals surface area (Å²) in [5.74, 6) is 1.43. The van der Waals surface area contributed by atoms with Crippen LogP contribution in [0.15, 0.2) is 47.3 Å². The molecule has 1 unspecified atom stereocenters. The fourth-order valence-corrected chi connectivity index (χ4v) is 4.86. The second-order valence-corrected chi connectivity index (χ2v) is 9.55. The predicted molar refractivity (Wildman–Crippen MR) is 150 cm³/mol. The lowest BCUT2D eigenvalue weighted by Crippen LogP contribution is -2.34. The summed E-state index contributed by atoms with van der Waals surface area (Å²) >= 11 is 0. The summed E-state index contributed by atoms with van der Waals surface area (Å²) in [5.41, 5.74) is 3.44. The third-order valence-electron chi connectivity index (χ3n) is 6.86. The van der Waals surface area contributed by atoms with Crippen LogP contribution in [0.2, 0.25) is 0 Å². The van der Waals surface area contributed by atoms with Gasteiger partial charge in [0.15, 0.2) is 17.3 Å². The van der Waals surface area contributed by atoms with Crippen molar-refractivity contribution in [2.45, 2.75) is 52.7 Å². The van der Waals surface area contributed by atoms with E-state index in [0.29, 0.717) is 48.8 Å². The van der Waals surface area contributed by atoms with E-state index in [1.165, 1.54) is 4.68 Å². The van der Waals surface area contributed by atoms with Gasteiger partial charge >= 0.3 is 5.97 Å². The van der Waals surface area contributed by atoms with Gasteiger partial charge in [0.25, 0.3) is 5.56 Å². The number of rotatable bonds is 13. The number of methoxy groups -OCH3 is 2. The Morgan fingerprint density at radius 3 is 2.60 bits per heavy atom. The predicted octanol–water partition coefficient (Wildman–Crippen LogP) is 3.60. The van der Waals surface area contributed by atoms with Gasteiger partial charge in [0, 0.05) is 24.2 Å². The standard InChI is InChI=1S/C29H36N6O5/c1-6-24(28-31-32-33-35(28)18-27(36)40-7-2)34(13-12-20-9-11-25(38-4)26(15-20)39-5)17-22-16-21-14-19(3)8-10-23(21)30-29(22)37/h8-11,14-16,24H,6-7,12-13,17-18H2,1-5H3,(H,30,37). The van der Waals surface area contributed by atoms with Crippen molar-refractivity contribution < 1.29 is 19.0 Å². The number of H-pyrrole nitrogens is 1. The molecule has 0 aliphatic rings. The second-order valence-electron chi connectivity index (χ2n) is 9.55. The normalized spacial score (nSPS) is 12.1. The van der Waals surface area contributed by atoms with E-state index in [0.717, 1.165) is 22.0 Å². The molecule has 4 rings (SSSR count). The maximum absolute atomic E-state index is 13.1. The topological polar surface area (TPSA) is 124 Å². The Kier molecular flexibility index (Phi) is 9.49. The number of ether oxygens (including phenoxy) is 3. The third-order valence-corrected chi connectivity index (χ3v) is 6.86. The van der Waals surface area contributed by atoms with Crippen LogP contribution in [-0.2, 0) is 29.0 Å². The molecule has 0 fully saturated rings. The molecule has 0 radical (unpaired) electrons. The number of benzene rings is 2. The van der Waals surface area contributed by atoms with Gasteiger partial charge in [-0.25, -0.2) is 4.68 Å². The Morgan fingerprint density at radius 1 is 1.07 bits per heavy atom. The van der Waals surface area contributed by atoms with Crippen LogP contribution in [0.3, 0.4) is 0 Å². The van der Waals surface area contributed by atoms with E-state index < -0.39 is 5.97 Å². The molecule has 0 bridgehead atoms. The fraction of sp³-hybridized carbons (Fsp3) is 0.414. The van der Waals surface area contributed by atoms with Crippen LogP contribution < -0.4 is 15.0 Å². The zero-order valence-electron chi connectivity index (χ0n) is 23.6. The SMILES string of the molecule is CCOC(=O)Cn1nnnc1C(CC)N(CCc1ccc(OC)c(OC)c1)Cc1cc2cc(C)ccc2[nH]c1=O. The molecule has 2 aromatic heterocycles. The largest absolute Gasteiger partial charge is 0.493 e. The molecule has 0 aliphatic heterocycles. The van der Waals surface area contributed by atoms with Gasteiger partial charge in [-0.1, -0.05) is 24.6 Å². The molecule has 0 amide bonds. The molecule has 1 atom stereocenters. The smallest absolute Gasteiger partial charge is 0.327 e. The molecule has 0 saturated carbocycles. The molecule has 212 valence electrons. The summed E-state index contributed by atoms with van der Waals surface area (Å²) in [4.78, 5) is 30.6. The summed E-state index contributed by atoms with van der Waals surface area (Å²) in [6.45, 7) is 6.94. The minimum atomic E-state index is -0.413. The van der Waals surface area contributed by atoms with Crippen molar-refractivity contribution in [1.29, 1.82) is 0 Å². The number of tetrazole rings is 1. The highest BCUT2D eigenvalue weighted by atomic mass is 16.5. The van der Waals surface area contributed by atoms with Gasteiger partial charge in [-0.15, -0.1) is 5.10 Å². The molecular formula is C29H36N6O5. The maximum Gasteiger partial charge on any atom is 0.327 e. The minimum Gasteiger partial charge on any atom is -0.493 e. The van der Waals surface area contributed by atoms with Crippen molar-refractivity contribution in [3.8, 4) is 11.5 Å². The molecule has 4 aromatic rings. The number of fused-ring (bicyclic) bond motifs is 1. The van der Waals surface area contributed by atoms with Crippen molar-refractivity contribution >= 4 is 16.9 Å². The van der Waals surface area contributed by atoms with Gasteiger partial charge in [-0.2, -0.15) is 0 Å². The molecule has 1 N–H and O–H groups in total. The van der Waals surface area contributed by atoms with E-state index in [-0.39, 0.29) is 24.8 Å². The summed E-state index contributed by atoms with van der Waals surface area (Å²) in [5, 5.41) is 13.2. The first-order valence-electron chi connectivity index (χ1n) is 13.4. The van der Waals surface area contributed by atoms with Crippen LogP contribution >= 0.6 is 0 Å². The molecule has 2 heterocycles. The van der Waals surface area contributed by atoms with Crippen molar-refractivity contribution in [2.24, 2.45) is 0 Å². The monoisotopic (exact) mass is 548 g/mol. The lowest BCUT2D eigenvalue weighted by molar-refractivity contribution is -0.144. The van der Waals surface area contributed by atoms with Gasteiger partial charge in [-0.3, -0.25) is 14.5 Å². The van der Waals surface area contributed by atoms with E-state index in [1.807, 2.05) is 50.2 Å². The third kappa shape index (κ3) is 6.66. The van der Waals surface area contributed by atoms with Gasteiger partial charge in [0.2, 0.25) is 0 Å². The van der Waals surface area contributed by atoms with Crippen molar-refractivity contribution in [2.75, 3.05) is 27.4 Å². The van der Waals surface area contributed by atoms with E-state index in [2.05, 4.69) is 31.5 Å². The van der Waals surface area contributed by atoms with E-state index >= 15 is 0 Å². The number of aromatic amines is 1. The van der Waals surface area contributed by atoms with E-state index in [4.69, 9.17) is 14.2 Å². The first-order chi connectivity index (χ1) is 19.4. The number of aromatic nitrogens is 5. The second kappa shape index (κ2) is 13.2. The summed E-state index contributed by atoms with van der Waals surface area (Å²) in [6.07, 6.45) is 1.32. The summed E-state index contributed by atoms with van der Waals surface area (Å²) in [6, 6.07) is 13.5. The molecular weight excluding hydrogens is 512 g/mol. The van der Waals surface area contributed by atoms with Gasteiger partial charge in [0.05, 0.1) is 26.9 Å². The number of nitrogens with one attached hydrogen (secondary N) is 1. The molecule has 0 aliphatic carbocycles. The fourth-order valence-electron chi connectivity index (χ4n) is 4.86. The molecule has 0 saturated heterocycles. The van der Waals surface area contributed by atoms with Crippen LogP contribution in [0.5, 0.6) is 11.5 Å². The summed E-state index contributed by atoms with van der Waals surface area (Å²) in [7, 11) is 3.21. The molecule has 11 heteroatoms. The highest BCUT2D eigenvalue weighted by Crippen LogP contribution is 2.29. The maximum atomic E-state index is 13.1. The minimum absolute atomic E-state index is 0.0912. The Morgan fingerprint density at radius 2 is 1.88 bits per heavy atom. The van der Waals surface area contributed by atoms with Crippen LogP contribution in [0.1, 0.15) is 48.8 Å². The average molecular weight is 549 g/mol. The number of carbonyl (C=O) groups is 1. The number of aryl methyl sites for hydroxylation is 1. The molecule has 0 spiro atoms. The number of hydrogen-bond acceptors (Lipinski definition) is 9. The Labute approximate surface area is 233 Å². The van der Waals surface area contributed by atoms with Gasteiger partial charge in [0.1, 0.15) is 6.54 Å². The van der Waals surface area contributed by atoms with E-state index in [1.54, 1.807) is 21.1 Å². The van der Waals surface area contributed by atoms with Crippen LogP contribution in [0.4, 0.5) is 0 Å². The first-order valence-corrected chi connectivity index (χ1v) is 13.4. The number of nitrogens with zero attached hydrogens (tertiary/aromatic N) is 5. The van der Waals surface area contributed by atoms with Crippen molar-refractivity contribution in [3.05, 3.63) is 75.3 Å². The summed E-state index contributed by atoms with van der Waals surface area (Å²) < 4.78 is 17.5. The van der Waals surface area contributed by atoms with Crippen LogP contribution in [0.25, 0.3) is 10.9 Å². The average Bonchev–Trinajstić information content (AvgIpc) is 3.39. The zero-order chi connectivity index (χ0) is 28.6. The highest BCUT2D eigenvalue weighted by Gasteiger charge is 2.27.